The van der Waals surface area contributed by atoms with Gasteiger partial charge in [-0.05, 0) is 33.1 Å². The van der Waals surface area contributed by atoms with Crippen LogP contribution in [0.4, 0.5) is 0 Å². The number of likely N-dealkylation sites (tertiary alicyclic amines) is 1. The van der Waals surface area contributed by atoms with E-state index in [0.29, 0.717) is 30.3 Å². The molecule has 1 saturated carbocycles. The Morgan fingerprint density at radius 2 is 2.08 bits per heavy atom. The molecule has 1 amide bonds. The number of carbonyl (C=O) groups excluding carboxylic acids is 1. The highest BCUT2D eigenvalue weighted by Crippen LogP contribution is 2.39. The normalized spacial score (nSPS) is 20.2. The van der Waals surface area contributed by atoms with Crippen LogP contribution >= 0.6 is 0 Å². The van der Waals surface area contributed by atoms with Gasteiger partial charge in [-0.1, -0.05) is 5.21 Å². The van der Waals surface area contributed by atoms with Crippen LogP contribution in [0.3, 0.4) is 0 Å². The van der Waals surface area contributed by atoms with Crippen LogP contribution in [-0.2, 0) is 11.3 Å². The van der Waals surface area contributed by atoms with Crippen molar-refractivity contribution in [2.24, 2.45) is 0 Å². The lowest BCUT2D eigenvalue weighted by atomic mass is 10.2. The van der Waals surface area contributed by atoms with Gasteiger partial charge in [0.1, 0.15) is 6.54 Å². The van der Waals surface area contributed by atoms with Gasteiger partial charge in [0.15, 0.2) is 0 Å². The molecule has 2 aliphatic rings. The van der Waals surface area contributed by atoms with Gasteiger partial charge in [0, 0.05) is 36.5 Å². The van der Waals surface area contributed by atoms with Crippen molar-refractivity contribution in [1.29, 1.82) is 0 Å². The average molecular weight is 342 g/mol. The molecule has 0 radical (unpaired) electrons. The number of hydrogen-bond acceptors (Lipinski definition) is 5. The first-order valence-corrected chi connectivity index (χ1v) is 8.75. The predicted octanol–water partition coefficient (Wildman–Crippen LogP) is 0.803. The van der Waals surface area contributed by atoms with Gasteiger partial charge in [0.2, 0.25) is 5.91 Å². The maximum absolute atomic E-state index is 12.6. The molecule has 1 saturated heterocycles. The minimum absolute atomic E-state index is 0.0321. The zero-order valence-electron chi connectivity index (χ0n) is 14.6. The summed E-state index contributed by atoms with van der Waals surface area (Å²) in [6, 6.07) is 0.165. The van der Waals surface area contributed by atoms with Crippen LogP contribution in [0.25, 0.3) is 0 Å². The smallest absolute Gasteiger partial charge is 0.256 e. The van der Waals surface area contributed by atoms with Crippen LogP contribution in [-0.4, -0.2) is 48.4 Å². The van der Waals surface area contributed by atoms with Crippen LogP contribution in [0.2, 0.25) is 0 Å². The first-order valence-electron chi connectivity index (χ1n) is 8.75. The fraction of sp³-hybridized carbons (Fsp3) is 0.588. The summed E-state index contributed by atoms with van der Waals surface area (Å²) in [6.45, 7) is 4.85. The van der Waals surface area contributed by atoms with E-state index in [0.717, 1.165) is 12.1 Å². The lowest BCUT2D eigenvalue weighted by molar-refractivity contribution is -0.130. The van der Waals surface area contributed by atoms with Crippen LogP contribution < -0.4 is 5.56 Å². The lowest BCUT2D eigenvalue weighted by Gasteiger charge is -2.17. The van der Waals surface area contributed by atoms with E-state index in [1.54, 1.807) is 18.7 Å². The number of nitrogens with zero attached hydrogens (tertiary/aromatic N) is 6. The van der Waals surface area contributed by atoms with Crippen molar-refractivity contribution >= 4 is 5.91 Å². The van der Waals surface area contributed by atoms with E-state index in [9.17, 15) is 9.59 Å². The first-order chi connectivity index (χ1) is 12.0. The van der Waals surface area contributed by atoms with Gasteiger partial charge < -0.3 is 4.90 Å². The second kappa shape index (κ2) is 6.09. The Labute approximate surface area is 145 Å². The Morgan fingerprint density at radius 1 is 1.28 bits per heavy atom. The summed E-state index contributed by atoms with van der Waals surface area (Å²) in [5, 5.41) is 8.48. The molecule has 1 aliphatic heterocycles. The van der Waals surface area contributed by atoms with Gasteiger partial charge in [-0.3, -0.25) is 14.2 Å². The highest BCUT2D eigenvalue weighted by Gasteiger charge is 2.31. The van der Waals surface area contributed by atoms with Crippen molar-refractivity contribution < 1.29 is 4.79 Å². The summed E-state index contributed by atoms with van der Waals surface area (Å²) in [4.78, 5) is 30.8. The summed E-state index contributed by atoms with van der Waals surface area (Å²) in [6.07, 6.45) is 6.74. The molecule has 2 fully saturated rings. The molecule has 8 heteroatoms. The molecule has 0 aromatic carbocycles. The van der Waals surface area contributed by atoms with Crippen LogP contribution in [0.1, 0.15) is 48.2 Å². The number of rotatable bonds is 4. The first kappa shape index (κ1) is 16.0. The molecule has 0 N–H and O–H groups in total. The maximum atomic E-state index is 12.6. The fourth-order valence-corrected chi connectivity index (χ4v) is 3.25. The van der Waals surface area contributed by atoms with Gasteiger partial charge in [-0.15, -0.1) is 5.10 Å². The van der Waals surface area contributed by atoms with Gasteiger partial charge >= 0.3 is 0 Å². The molecule has 132 valence electrons. The SMILES string of the molecule is Cc1ncn(CC(=O)N2CC[C@@H](n3cc(C4CC4)nn3)C2)c(=O)c1C. The molecule has 8 nitrogen and oxygen atoms in total. The van der Waals surface area contributed by atoms with E-state index in [2.05, 4.69) is 15.3 Å². The van der Waals surface area contributed by atoms with Crippen molar-refractivity contribution in [3.63, 3.8) is 0 Å². The van der Waals surface area contributed by atoms with E-state index in [-0.39, 0.29) is 24.1 Å². The van der Waals surface area contributed by atoms with Crippen molar-refractivity contribution in [2.45, 2.75) is 51.6 Å². The highest BCUT2D eigenvalue weighted by atomic mass is 16.2. The lowest BCUT2D eigenvalue weighted by Crippen LogP contribution is -2.36. The molecule has 2 aromatic rings. The van der Waals surface area contributed by atoms with Gasteiger partial charge in [0.25, 0.3) is 5.56 Å². The molecule has 0 bridgehead atoms. The van der Waals surface area contributed by atoms with Crippen LogP contribution in [0.15, 0.2) is 17.3 Å². The number of amides is 1. The fourth-order valence-electron chi connectivity index (χ4n) is 3.25. The monoisotopic (exact) mass is 342 g/mol. The quantitative estimate of drug-likeness (QED) is 0.820. The topological polar surface area (TPSA) is 85.9 Å². The number of aromatic nitrogens is 5. The van der Waals surface area contributed by atoms with Crippen molar-refractivity contribution in [2.75, 3.05) is 13.1 Å². The minimum Gasteiger partial charge on any atom is -0.339 e. The van der Waals surface area contributed by atoms with Crippen LogP contribution in [0, 0.1) is 13.8 Å². The second-order valence-electron chi connectivity index (χ2n) is 7.07. The number of carbonyl (C=O) groups is 1. The standard InChI is InChI=1S/C17H22N6O2/c1-11-12(2)18-10-22(17(11)25)9-16(24)21-6-5-14(7-21)23-8-15(19-20-23)13-3-4-13/h8,10,13-14H,3-7,9H2,1-2H3/t14-/m1/s1. The molecule has 0 unspecified atom stereocenters. The Balaban J connectivity index is 1.41. The van der Waals surface area contributed by atoms with Crippen molar-refractivity contribution in [1.82, 2.24) is 29.4 Å². The largest absolute Gasteiger partial charge is 0.339 e. The zero-order valence-corrected chi connectivity index (χ0v) is 14.6. The third-order valence-corrected chi connectivity index (χ3v) is 5.23. The van der Waals surface area contributed by atoms with E-state index in [1.807, 2.05) is 10.9 Å². The second-order valence-corrected chi connectivity index (χ2v) is 7.07. The molecule has 3 heterocycles. The highest BCUT2D eigenvalue weighted by molar-refractivity contribution is 5.76. The van der Waals surface area contributed by atoms with E-state index in [1.165, 1.54) is 23.7 Å². The summed E-state index contributed by atoms with van der Waals surface area (Å²) in [5.74, 6) is 0.522. The average Bonchev–Trinajstić information content (AvgIpc) is 3.12. The van der Waals surface area contributed by atoms with E-state index in [4.69, 9.17) is 0 Å². The third-order valence-electron chi connectivity index (χ3n) is 5.23. The maximum Gasteiger partial charge on any atom is 0.256 e. The van der Waals surface area contributed by atoms with Gasteiger partial charge in [-0.2, -0.15) is 0 Å². The van der Waals surface area contributed by atoms with Crippen molar-refractivity contribution in [3.8, 4) is 0 Å². The van der Waals surface area contributed by atoms with E-state index < -0.39 is 0 Å². The molecule has 25 heavy (non-hydrogen) atoms. The molecule has 1 aliphatic carbocycles. The molecular weight excluding hydrogens is 320 g/mol. The third kappa shape index (κ3) is 3.08. The summed E-state index contributed by atoms with van der Waals surface area (Å²) >= 11 is 0. The van der Waals surface area contributed by atoms with Gasteiger partial charge in [-0.25, -0.2) is 9.67 Å². The minimum atomic E-state index is -0.151. The zero-order chi connectivity index (χ0) is 17.6. The molecule has 2 aromatic heterocycles. The Hall–Kier alpha value is -2.51. The Bertz CT molecular complexity index is 866. The molecule has 4 rings (SSSR count). The summed E-state index contributed by atoms with van der Waals surface area (Å²) in [7, 11) is 0. The van der Waals surface area contributed by atoms with Crippen molar-refractivity contribution in [3.05, 3.63) is 39.8 Å². The predicted molar refractivity (Wildman–Crippen MR) is 90.2 cm³/mol. The summed E-state index contributed by atoms with van der Waals surface area (Å²) in [5.41, 5.74) is 2.21. The molecule has 0 spiro atoms. The Morgan fingerprint density at radius 3 is 2.84 bits per heavy atom. The van der Waals surface area contributed by atoms with Crippen LogP contribution in [0.5, 0.6) is 0 Å². The Kier molecular flexibility index (Phi) is 3.89. The summed E-state index contributed by atoms with van der Waals surface area (Å²) < 4.78 is 3.28. The van der Waals surface area contributed by atoms with Gasteiger partial charge in [0.05, 0.1) is 18.1 Å². The number of hydrogen-bond donors (Lipinski definition) is 0. The molecular formula is C17H22N6O2. The number of aryl methyl sites for hydroxylation is 1. The molecule has 1 atom stereocenters. The van der Waals surface area contributed by atoms with E-state index >= 15 is 0 Å².